The van der Waals surface area contributed by atoms with E-state index in [1.807, 2.05) is 6.92 Å². The summed E-state index contributed by atoms with van der Waals surface area (Å²) in [5.74, 6) is 1.97. The molecule has 3 N–H and O–H groups in total. The number of aliphatic hydroxyl groups is 1. The van der Waals surface area contributed by atoms with Crippen molar-refractivity contribution in [1.29, 1.82) is 0 Å². The van der Waals surface area contributed by atoms with E-state index in [9.17, 15) is 9.90 Å². The number of carbonyl (C=O) groups is 1. The molecule has 0 bridgehead atoms. The van der Waals surface area contributed by atoms with Gasteiger partial charge in [-0.2, -0.15) is 0 Å². The molecule has 0 aromatic heterocycles. The van der Waals surface area contributed by atoms with Crippen LogP contribution < -0.4 is 24.8 Å². The van der Waals surface area contributed by atoms with Crippen LogP contribution in [0.1, 0.15) is 19.4 Å². The van der Waals surface area contributed by atoms with Crippen LogP contribution in [0, 0.1) is 0 Å². The third-order valence-electron chi connectivity index (χ3n) is 4.01. The summed E-state index contributed by atoms with van der Waals surface area (Å²) in [4.78, 5) is 12.1. The molecule has 1 aliphatic rings. The Kier molecular flexibility index (Phi) is 5.18. The number of rotatable bonds is 6. The maximum Gasteiger partial charge on any atom is 0.319 e. The van der Waals surface area contributed by atoms with E-state index in [1.54, 1.807) is 49.4 Å². The topological polar surface area (TPSA) is 89.1 Å². The monoisotopic (exact) mass is 358 g/mol. The van der Waals surface area contributed by atoms with Crippen LogP contribution in [0.3, 0.4) is 0 Å². The Hall–Kier alpha value is -2.93. The van der Waals surface area contributed by atoms with Crippen LogP contribution in [0.15, 0.2) is 42.5 Å². The Morgan fingerprint density at radius 3 is 2.65 bits per heavy atom. The molecular weight excluding hydrogens is 336 g/mol. The molecular formula is C19H22N2O5. The van der Waals surface area contributed by atoms with Gasteiger partial charge in [-0.05, 0) is 55.8 Å². The van der Waals surface area contributed by atoms with Crippen molar-refractivity contribution < 1.29 is 24.1 Å². The van der Waals surface area contributed by atoms with Gasteiger partial charge in [0.1, 0.15) is 11.4 Å². The first-order chi connectivity index (χ1) is 12.5. The average molecular weight is 358 g/mol. The van der Waals surface area contributed by atoms with Gasteiger partial charge < -0.3 is 30.0 Å². The highest BCUT2D eigenvalue weighted by Crippen LogP contribution is 2.35. The first-order valence-electron chi connectivity index (χ1n) is 8.38. The molecule has 2 aromatic carbocycles. The highest BCUT2D eigenvalue weighted by atomic mass is 16.7. The normalized spacial score (nSPS) is 14.4. The lowest BCUT2D eigenvalue weighted by Gasteiger charge is -2.24. The van der Waals surface area contributed by atoms with Gasteiger partial charge in [-0.3, -0.25) is 0 Å². The molecule has 1 aliphatic heterocycles. The summed E-state index contributed by atoms with van der Waals surface area (Å²) < 4.78 is 15.9. The Bertz CT molecular complexity index is 774. The van der Waals surface area contributed by atoms with Crippen molar-refractivity contribution in [3.8, 4) is 17.2 Å². The number of ether oxygens (including phenoxy) is 3. The van der Waals surface area contributed by atoms with E-state index < -0.39 is 11.6 Å². The van der Waals surface area contributed by atoms with Gasteiger partial charge >= 0.3 is 6.03 Å². The number of benzene rings is 2. The average Bonchev–Trinajstić information content (AvgIpc) is 3.10. The fourth-order valence-electron chi connectivity index (χ4n) is 2.56. The molecule has 0 saturated carbocycles. The second kappa shape index (κ2) is 7.53. The summed E-state index contributed by atoms with van der Waals surface area (Å²) in [7, 11) is 0. The number of hydrogen-bond acceptors (Lipinski definition) is 5. The van der Waals surface area contributed by atoms with Crippen LogP contribution in [-0.4, -0.2) is 31.1 Å². The fraction of sp³-hybridized carbons (Fsp3) is 0.316. The van der Waals surface area contributed by atoms with Gasteiger partial charge in [0.25, 0.3) is 0 Å². The molecule has 1 atom stereocenters. The number of hydrogen-bond donors (Lipinski definition) is 3. The summed E-state index contributed by atoms with van der Waals surface area (Å²) in [6.07, 6.45) is 0. The van der Waals surface area contributed by atoms with Crippen molar-refractivity contribution in [1.82, 2.24) is 5.32 Å². The molecule has 138 valence electrons. The van der Waals surface area contributed by atoms with Gasteiger partial charge in [-0.25, -0.2) is 4.79 Å². The number of carbonyl (C=O) groups excluding carboxylic acids is 1. The van der Waals surface area contributed by atoms with Crippen molar-refractivity contribution in [3.63, 3.8) is 0 Å². The lowest BCUT2D eigenvalue weighted by atomic mass is 9.95. The zero-order valence-electron chi connectivity index (χ0n) is 14.7. The molecule has 0 spiro atoms. The van der Waals surface area contributed by atoms with Gasteiger partial charge in [0.2, 0.25) is 6.79 Å². The van der Waals surface area contributed by atoms with Gasteiger partial charge in [-0.15, -0.1) is 0 Å². The van der Waals surface area contributed by atoms with Crippen LogP contribution in [-0.2, 0) is 5.60 Å². The predicted octanol–water partition coefficient (Wildman–Crippen LogP) is 2.84. The van der Waals surface area contributed by atoms with Crippen LogP contribution >= 0.6 is 0 Å². The lowest BCUT2D eigenvalue weighted by Crippen LogP contribution is -2.40. The van der Waals surface area contributed by atoms with Gasteiger partial charge in [0.15, 0.2) is 11.5 Å². The number of anilines is 1. The zero-order valence-corrected chi connectivity index (χ0v) is 14.7. The minimum Gasteiger partial charge on any atom is -0.494 e. The first kappa shape index (κ1) is 17.9. The molecule has 2 amide bonds. The fourth-order valence-corrected chi connectivity index (χ4v) is 2.56. The van der Waals surface area contributed by atoms with Crippen molar-refractivity contribution >= 4 is 11.7 Å². The molecule has 26 heavy (non-hydrogen) atoms. The summed E-state index contributed by atoms with van der Waals surface area (Å²) in [5.41, 5.74) is 0.00809. The number of amides is 2. The van der Waals surface area contributed by atoms with Crippen molar-refractivity contribution in [3.05, 3.63) is 48.0 Å². The van der Waals surface area contributed by atoms with E-state index in [1.165, 1.54) is 0 Å². The van der Waals surface area contributed by atoms with Crippen LogP contribution in [0.2, 0.25) is 0 Å². The van der Waals surface area contributed by atoms with E-state index in [2.05, 4.69) is 10.6 Å². The largest absolute Gasteiger partial charge is 0.494 e. The van der Waals surface area contributed by atoms with E-state index in [-0.39, 0.29) is 13.3 Å². The Labute approximate surface area is 151 Å². The number of nitrogens with one attached hydrogen (secondary N) is 2. The van der Waals surface area contributed by atoms with Crippen LogP contribution in [0.4, 0.5) is 10.5 Å². The highest BCUT2D eigenvalue weighted by molar-refractivity contribution is 5.89. The Balaban J connectivity index is 1.56. The molecule has 0 saturated heterocycles. The second-order valence-corrected chi connectivity index (χ2v) is 6.11. The van der Waals surface area contributed by atoms with Crippen molar-refractivity contribution in [2.24, 2.45) is 0 Å². The van der Waals surface area contributed by atoms with Gasteiger partial charge in [0, 0.05) is 5.69 Å². The minimum atomic E-state index is -1.25. The molecule has 0 radical (unpaired) electrons. The first-order valence-corrected chi connectivity index (χ1v) is 8.38. The smallest absolute Gasteiger partial charge is 0.319 e. The van der Waals surface area contributed by atoms with E-state index in [4.69, 9.17) is 14.2 Å². The summed E-state index contributed by atoms with van der Waals surface area (Å²) in [6.45, 7) is 4.33. The second-order valence-electron chi connectivity index (χ2n) is 6.11. The highest BCUT2D eigenvalue weighted by Gasteiger charge is 2.26. The third-order valence-corrected chi connectivity index (χ3v) is 4.01. The van der Waals surface area contributed by atoms with Crippen molar-refractivity contribution in [2.75, 3.05) is 25.3 Å². The number of fused-ring (bicyclic) bond motifs is 1. The SMILES string of the molecule is CCOc1ccc(NC(=O)NCC(C)(O)c2ccc3c(c2)OCO3)cc1. The molecule has 0 aliphatic carbocycles. The summed E-state index contributed by atoms with van der Waals surface area (Å²) >= 11 is 0. The van der Waals surface area contributed by atoms with Crippen LogP contribution in [0.25, 0.3) is 0 Å². The number of urea groups is 1. The maximum atomic E-state index is 12.1. The van der Waals surface area contributed by atoms with Gasteiger partial charge in [-0.1, -0.05) is 6.07 Å². The Morgan fingerprint density at radius 1 is 1.19 bits per heavy atom. The predicted molar refractivity (Wildman–Crippen MR) is 96.8 cm³/mol. The summed E-state index contributed by atoms with van der Waals surface area (Å²) in [6, 6.07) is 11.9. The van der Waals surface area contributed by atoms with Gasteiger partial charge in [0.05, 0.1) is 13.2 Å². The molecule has 2 aromatic rings. The molecule has 7 heteroatoms. The van der Waals surface area contributed by atoms with Crippen molar-refractivity contribution in [2.45, 2.75) is 19.4 Å². The van der Waals surface area contributed by atoms with Crippen LogP contribution in [0.5, 0.6) is 17.2 Å². The Morgan fingerprint density at radius 2 is 1.92 bits per heavy atom. The molecule has 1 heterocycles. The van der Waals surface area contributed by atoms with E-state index in [0.29, 0.717) is 29.4 Å². The molecule has 0 fully saturated rings. The standard InChI is InChI=1S/C19H22N2O5/c1-3-24-15-7-5-14(6-8-15)21-18(22)20-11-19(2,23)13-4-9-16-17(10-13)26-12-25-16/h4-10,23H,3,11-12H2,1-2H3,(H2,20,21,22). The van der Waals surface area contributed by atoms with E-state index >= 15 is 0 Å². The summed E-state index contributed by atoms with van der Waals surface area (Å²) in [5, 5.41) is 16.1. The molecule has 3 rings (SSSR count). The maximum absolute atomic E-state index is 12.1. The van der Waals surface area contributed by atoms with E-state index in [0.717, 1.165) is 5.75 Å². The third kappa shape index (κ3) is 4.18. The molecule has 7 nitrogen and oxygen atoms in total. The minimum absolute atomic E-state index is 0.0372. The quantitative estimate of drug-likeness (QED) is 0.739. The lowest BCUT2D eigenvalue weighted by molar-refractivity contribution is 0.0597. The zero-order chi connectivity index (χ0) is 18.6. The molecule has 1 unspecified atom stereocenters.